The van der Waals surface area contributed by atoms with Crippen molar-refractivity contribution in [3.8, 4) is 11.8 Å². The molecule has 1 aromatic heterocycles. The Bertz CT molecular complexity index is 809. The second kappa shape index (κ2) is 6.87. The van der Waals surface area contributed by atoms with Crippen molar-refractivity contribution < 1.29 is 18.7 Å². The summed E-state index contributed by atoms with van der Waals surface area (Å²) in [7, 11) is 0. The number of nitrogens with zero attached hydrogens (tertiary/aromatic N) is 3. The van der Waals surface area contributed by atoms with Gasteiger partial charge >= 0.3 is 6.08 Å². The van der Waals surface area contributed by atoms with Crippen LogP contribution in [0.5, 0.6) is 11.8 Å². The van der Waals surface area contributed by atoms with E-state index >= 15 is 0 Å². The first kappa shape index (κ1) is 16.7. The van der Waals surface area contributed by atoms with Gasteiger partial charge < -0.3 is 19.4 Å². The minimum absolute atomic E-state index is 0.0769. The van der Waals surface area contributed by atoms with E-state index in [1.165, 1.54) is 6.92 Å². The molecule has 0 spiro atoms. The lowest BCUT2D eigenvalue weighted by Gasteiger charge is -2.44. The predicted molar refractivity (Wildman–Crippen MR) is 91.2 cm³/mol. The Morgan fingerprint density at radius 3 is 2.50 bits per heavy atom. The highest BCUT2D eigenvalue weighted by molar-refractivity contribution is 5.94. The summed E-state index contributed by atoms with van der Waals surface area (Å²) in [5.41, 5.74) is 0.573. The van der Waals surface area contributed by atoms with Gasteiger partial charge in [0.1, 0.15) is 5.75 Å². The third-order valence-corrected chi connectivity index (χ3v) is 5.00. The predicted octanol–water partition coefficient (Wildman–Crippen LogP) is 1.89. The summed E-state index contributed by atoms with van der Waals surface area (Å²) in [5, 5.41) is 10.4. The van der Waals surface area contributed by atoms with Gasteiger partial charge in [-0.3, -0.25) is 9.59 Å². The molecule has 2 bridgehead atoms. The maximum atomic E-state index is 12.5. The molecule has 1 atom stereocenters. The van der Waals surface area contributed by atoms with Crippen molar-refractivity contribution in [3.05, 3.63) is 35.7 Å². The zero-order chi connectivity index (χ0) is 18.1. The molecule has 5 rings (SSSR count). The Kier molecular flexibility index (Phi) is 4.42. The molecule has 3 saturated heterocycles. The first-order valence-corrected chi connectivity index (χ1v) is 8.74. The quantitative estimate of drug-likeness (QED) is 0.817. The van der Waals surface area contributed by atoms with Crippen LogP contribution in [-0.2, 0) is 0 Å². The molecule has 3 aliphatic heterocycles. The van der Waals surface area contributed by atoms with Crippen molar-refractivity contribution in [3.63, 3.8) is 0 Å². The Labute approximate surface area is 150 Å². The molecule has 1 amide bonds. The lowest BCUT2D eigenvalue weighted by Crippen LogP contribution is -2.57. The van der Waals surface area contributed by atoms with E-state index in [0.717, 1.165) is 32.5 Å². The number of amides is 1. The van der Waals surface area contributed by atoms with E-state index in [-0.39, 0.29) is 29.7 Å². The van der Waals surface area contributed by atoms with E-state index in [4.69, 9.17) is 9.15 Å². The molecule has 3 fully saturated rings. The van der Waals surface area contributed by atoms with E-state index in [2.05, 4.69) is 20.4 Å². The van der Waals surface area contributed by atoms with Crippen LogP contribution < -0.4 is 10.1 Å². The van der Waals surface area contributed by atoms with Crippen LogP contribution in [0.15, 0.2) is 28.7 Å². The number of carbonyl (C=O) groups excluding carboxylic acids is 2. The fourth-order valence-electron chi connectivity index (χ4n) is 3.55. The van der Waals surface area contributed by atoms with Gasteiger partial charge in [-0.2, -0.15) is 0 Å². The highest BCUT2D eigenvalue weighted by Crippen LogP contribution is 2.28. The van der Waals surface area contributed by atoms with Crippen molar-refractivity contribution >= 4 is 11.7 Å². The molecule has 3 aliphatic rings. The SMILES string of the molecule is CC(=O)c1nnc(Oc2ccc(C(=O)NC3CN4CCC3CC4)cc2)o1. The number of ketones is 1. The van der Waals surface area contributed by atoms with E-state index in [0.29, 0.717) is 17.2 Å². The van der Waals surface area contributed by atoms with E-state index in [1.54, 1.807) is 24.3 Å². The van der Waals surface area contributed by atoms with Gasteiger partial charge in [0, 0.05) is 25.1 Å². The monoisotopic (exact) mass is 356 g/mol. The number of aromatic nitrogens is 2. The van der Waals surface area contributed by atoms with Crippen LogP contribution in [0.4, 0.5) is 0 Å². The van der Waals surface area contributed by atoms with Crippen LogP contribution in [0.2, 0.25) is 0 Å². The number of fused-ring (bicyclic) bond motifs is 3. The van der Waals surface area contributed by atoms with Crippen molar-refractivity contribution in [2.75, 3.05) is 19.6 Å². The van der Waals surface area contributed by atoms with Crippen LogP contribution in [0, 0.1) is 5.92 Å². The molecule has 4 heterocycles. The molecule has 26 heavy (non-hydrogen) atoms. The normalized spacial score (nSPS) is 24.3. The van der Waals surface area contributed by atoms with Crippen molar-refractivity contribution in [2.45, 2.75) is 25.8 Å². The fourth-order valence-corrected chi connectivity index (χ4v) is 3.55. The van der Waals surface area contributed by atoms with Gasteiger partial charge in [0.2, 0.25) is 5.78 Å². The fraction of sp³-hybridized carbons (Fsp3) is 0.444. The molecule has 1 N–H and O–H groups in total. The van der Waals surface area contributed by atoms with Gasteiger partial charge in [0.15, 0.2) is 0 Å². The molecule has 1 aromatic carbocycles. The molecule has 0 radical (unpaired) electrons. The average molecular weight is 356 g/mol. The van der Waals surface area contributed by atoms with Crippen molar-refractivity contribution in [1.29, 1.82) is 0 Å². The number of hydrogen-bond acceptors (Lipinski definition) is 7. The molecule has 0 aliphatic carbocycles. The van der Waals surface area contributed by atoms with Crippen molar-refractivity contribution in [2.24, 2.45) is 5.92 Å². The van der Waals surface area contributed by atoms with Gasteiger partial charge in [-0.1, -0.05) is 5.10 Å². The Morgan fingerprint density at radius 2 is 1.92 bits per heavy atom. The number of rotatable bonds is 5. The highest BCUT2D eigenvalue weighted by atomic mass is 16.6. The molecule has 136 valence electrons. The minimum atomic E-state index is -0.327. The summed E-state index contributed by atoms with van der Waals surface area (Å²) < 4.78 is 10.5. The van der Waals surface area contributed by atoms with Gasteiger partial charge in [-0.15, -0.1) is 5.10 Å². The second-order valence-electron chi connectivity index (χ2n) is 6.77. The standard InChI is InChI=1S/C18H20N4O4/c1-11(23)17-20-21-18(26-17)25-14-4-2-13(3-5-14)16(24)19-15-10-22-8-6-12(15)7-9-22/h2-5,12,15H,6-10H2,1H3,(H,19,24). The van der Waals surface area contributed by atoms with Gasteiger partial charge in [0.25, 0.3) is 11.8 Å². The summed E-state index contributed by atoms with van der Waals surface area (Å²) in [4.78, 5) is 26.0. The molecule has 1 unspecified atom stereocenters. The lowest BCUT2D eigenvalue weighted by molar-refractivity contribution is 0.0620. The van der Waals surface area contributed by atoms with Crippen LogP contribution in [0.3, 0.4) is 0 Å². The maximum absolute atomic E-state index is 12.5. The third kappa shape index (κ3) is 3.45. The summed E-state index contributed by atoms with van der Waals surface area (Å²) in [6.07, 6.45) is 2.20. The number of Topliss-reactive ketones (excluding diaryl/α,β-unsaturated/α-hetero) is 1. The average Bonchev–Trinajstić information content (AvgIpc) is 3.12. The number of benzene rings is 1. The minimum Gasteiger partial charge on any atom is -0.410 e. The second-order valence-corrected chi connectivity index (χ2v) is 6.77. The summed E-state index contributed by atoms with van der Waals surface area (Å²) >= 11 is 0. The lowest BCUT2D eigenvalue weighted by atomic mass is 9.84. The molecule has 0 saturated carbocycles. The number of nitrogens with one attached hydrogen (secondary N) is 1. The highest BCUT2D eigenvalue weighted by Gasteiger charge is 2.34. The molecule has 8 heteroatoms. The van der Waals surface area contributed by atoms with Crippen LogP contribution >= 0.6 is 0 Å². The molecular weight excluding hydrogens is 336 g/mol. The van der Waals surface area contributed by atoms with Gasteiger partial charge in [-0.25, -0.2) is 0 Å². The Hall–Kier alpha value is -2.74. The van der Waals surface area contributed by atoms with E-state index < -0.39 is 0 Å². The zero-order valence-electron chi connectivity index (χ0n) is 14.5. The van der Waals surface area contributed by atoms with E-state index in [1.807, 2.05) is 0 Å². The number of carbonyl (C=O) groups is 2. The molecular formula is C18H20N4O4. The van der Waals surface area contributed by atoms with Gasteiger partial charge in [-0.05, 0) is 56.1 Å². The number of ether oxygens (including phenoxy) is 1. The maximum Gasteiger partial charge on any atom is 0.420 e. The molecule has 8 nitrogen and oxygen atoms in total. The first-order chi connectivity index (χ1) is 12.6. The van der Waals surface area contributed by atoms with Crippen LogP contribution in [0.1, 0.15) is 40.8 Å². The largest absolute Gasteiger partial charge is 0.420 e. The number of hydrogen-bond donors (Lipinski definition) is 1. The van der Waals surface area contributed by atoms with Crippen molar-refractivity contribution in [1.82, 2.24) is 20.4 Å². The smallest absolute Gasteiger partial charge is 0.410 e. The first-order valence-electron chi connectivity index (χ1n) is 8.74. The summed E-state index contributed by atoms with van der Waals surface area (Å²) in [6.45, 7) is 4.56. The third-order valence-electron chi connectivity index (χ3n) is 5.00. The van der Waals surface area contributed by atoms with Crippen LogP contribution in [0.25, 0.3) is 0 Å². The molecule has 2 aromatic rings. The zero-order valence-corrected chi connectivity index (χ0v) is 14.5. The summed E-state index contributed by atoms with van der Waals surface area (Å²) in [5.74, 6) is 0.523. The van der Waals surface area contributed by atoms with Gasteiger partial charge in [0.05, 0.1) is 0 Å². The topological polar surface area (TPSA) is 97.6 Å². The Balaban J connectivity index is 1.37. The number of piperidine rings is 3. The van der Waals surface area contributed by atoms with E-state index in [9.17, 15) is 9.59 Å². The Morgan fingerprint density at radius 1 is 1.19 bits per heavy atom. The summed E-state index contributed by atoms with van der Waals surface area (Å²) in [6, 6.07) is 6.92. The van der Waals surface area contributed by atoms with Crippen LogP contribution in [-0.4, -0.2) is 52.5 Å².